The molecule has 150 valence electrons. The van der Waals surface area contributed by atoms with Crippen LogP contribution in [0.3, 0.4) is 0 Å². The van der Waals surface area contributed by atoms with E-state index in [4.69, 9.17) is 44.0 Å². The maximum Gasteiger partial charge on any atom is 0.287 e. The van der Waals surface area contributed by atoms with Gasteiger partial charge in [0.05, 0.1) is 17.3 Å². The van der Waals surface area contributed by atoms with E-state index in [0.29, 0.717) is 32.3 Å². The maximum atomic E-state index is 12.2. The summed E-state index contributed by atoms with van der Waals surface area (Å²) in [4.78, 5) is 24.2. The summed E-state index contributed by atoms with van der Waals surface area (Å²) in [5.74, 6) is 0.150. The summed E-state index contributed by atoms with van der Waals surface area (Å²) in [5.41, 5.74) is 0.359. The van der Waals surface area contributed by atoms with Crippen LogP contribution in [0.5, 0.6) is 5.75 Å². The molecule has 0 spiro atoms. The lowest BCUT2D eigenvalue weighted by Crippen LogP contribution is -2.32. The first-order valence-electron chi connectivity index (χ1n) is 8.41. The molecule has 0 bridgehead atoms. The highest BCUT2D eigenvalue weighted by atomic mass is 35.5. The monoisotopic (exact) mass is 452 g/mol. The Hall–Kier alpha value is -2.67. The summed E-state index contributed by atoms with van der Waals surface area (Å²) in [6, 6.07) is 14.7. The minimum absolute atomic E-state index is 0.0632. The van der Waals surface area contributed by atoms with Crippen molar-refractivity contribution < 1.29 is 18.7 Å². The molecule has 0 unspecified atom stereocenters. The molecule has 2 N–H and O–H groups in total. The molecule has 0 aliphatic carbocycles. The van der Waals surface area contributed by atoms with Crippen molar-refractivity contribution >= 4 is 52.3 Å². The van der Waals surface area contributed by atoms with Gasteiger partial charge >= 0.3 is 0 Å². The normalized spacial score (nSPS) is 10.4. The van der Waals surface area contributed by atoms with Crippen LogP contribution in [0.25, 0.3) is 0 Å². The number of benzene rings is 2. The molecule has 0 saturated carbocycles. The lowest BCUT2D eigenvalue weighted by molar-refractivity contribution is -0.115. The smallest absolute Gasteiger partial charge is 0.287 e. The van der Waals surface area contributed by atoms with Crippen molar-refractivity contribution in [3.63, 3.8) is 0 Å². The highest BCUT2D eigenvalue weighted by Crippen LogP contribution is 2.25. The molecule has 2 aromatic carbocycles. The van der Waals surface area contributed by atoms with Crippen molar-refractivity contribution in [2.24, 2.45) is 0 Å². The van der Waals surface area contributed by atoms with Crippen molar-refractivity contribution in [2.75, 3.05) is 11.9 Å². The first-order chi connectivity index (χ1) is 13.9. The molecule has 0 fully saturated rings. The molecule has 0 aliphatic heterocycles. The van der Waals surface area contributed by atoms with Gasteiger partial charge in [-0.1, -0.05) is 34.8 Å². The van der Waals surface area contributed by atoms with Gasteiger partial charge in [-0.2, -0.15) is 0 Å². The number of carbonyl (C=O) groups is 2. The maximum absolute atomic E-state index is 12.2. The zero-order valence-corrected chi connectivity index (χ0v) is 17.1. The van der Waals surface area contributed by atoms with Gasteiger partial charge in [0, 0.05) is 10.0 Å². The van der Waals surface area contributed by atoms with E-state index in [9.17, 15) is 9.59 Å². The van der Waals surface area contributed by atoms with Gasteiger partial charge in [0.2, 0.25) is 5.91 Å². The van der Waals surface area contributed by atoms with Crippen LogP contribution < -0.4 is 15.4 Å². The average molecular weight is 454 g/mol. The standard InChI is InChI=1S/C20H15Cl3N2O4/c21-12-1-4-14(5-2-12)28-11-15-6-8-18(29-15)20(27)24-10-19(26)25-17-9-13(22)3-7-16(17)23/h1-9H,10-11H2,(H,24,27)(H,25,26). The third-order valence-corrected chi connectivity index (χ3v) is 4.51. The Balaban J connectivity index is 1.48. The molecule has 3 rings (SSSR count). The fourth-order valence-corrected chi connectivity index (χ4v) is 2.76. The number of anilines is 1. The van der Waals surface area contributed by atoms with E-state index in [1.807, 2.05) is 0 Å². The predicted octanol–water partition coefficient (Wildman–Crippen LogP) is 5.19. The minimum Gasteiger partial charge on any atom is -0.486 e. The number of carbonyl (C=O) groups excluding carboxylic acids is 2. The van der Waals surface area contributed by atoms with E-state index < -0.39 is 11.8 Å². The number of rotatable bonds is 7. The predicted molar refractivity (Wildman–Crippen MR) is 112 cm³/mol. The molecule has 0 aliphatic rings. The van der Waals surface area contributed by atoms with Crippen LogP contribution in [0.4, 0.5) is 5.69 Å². The first kappa shape index (κ1) is 21.0. The first-order valence-corrected chi connectivity index (χ1v) is 9.54. The number of nitrogens with one attached hydrogen (secondary N) is 2. The average Bonchev–Trinajstić information content (AvgIpc) is 3.18. The van der Waals surface area contributed by atoms with E-state index in [2.05, 4.69) is 10.6 Å². The summed E-state index contributed by atoms with van der Waals surface area (Å²) in [5, 5.41) is 6.42. The van der Waals surface area contributed by atoms with Crippen LogP contribution in [0.1, 0.15) is 16.3 Å². The van der Waals surface area contributed by atoms with Crippen molar-refractivity contribution in [3.8, 4) is 5.75 Å². The Labute approximate surface area is 181 Å². The molecule has 9 heteroatoms. The van der Waals surface area contributed by atoms with Crippen molar-refractivity contribution in [1.29, 1.82) is 0 Å². The second-order valence-electron chi connectivity index (χ2n) is 5.86. The molecule has 0 saturated heterocycles. The van der Waals surface area contributed by atoms with Crippen molar-refractivity contribution in [3.05, 3.63) is 81.2 Å². The third kappa shape index (κ3) is 6.15. The van der Waals surface area contributed by atoms with E-state index in [0.717, 1.165) is 0 Å². The number of hydrogen-bond acceptors (Lipinski definition) is 4. The van der Waals surface area contributed by atoms with Crippen LogP contribution in [-0.4, -0.2) is 18.4 Å². The second kappa shape index (κ2) is 9.69. The zero-order chi connectivity index (χ0) is 20.8. The zero-order valence-electron chi connectivity index (χ0n) is 14.9. The fourth-order valence-electron chi connectivity index (χ4n) is 2.30. The quantitative estimate of drug-likeness (QED) is 0.516. The molecular formula is C20H15Cl3N2O4. The number of hydrogen-bond donors (Lipinski definition) is 2. The molecular weight excluding hydrogens is 439 g/mol. The Morgan fingerprint density at radius 3 is 2.41 bits per heavy atom. The van der Waals surface area contributed by atoms with Gasteiger partial charge in [-0.3, -0.25) is 9.59 Å². The Bertz CT molecular complexity index is 1020. The highest BCUT2D eigenvalue weighted by Gasteiger charge is 2.14. The summed E-state index contributed by atoms with van der Waals surface area (Å²) >= 11 is 17.7. The molecule has 1 aromatic heterocycles. The number of furan rings is 1. The Morgan fingerprint density at radius 2 is 1.66 bits per heavy atom. The summed E-state index contributed by atoms with van der Waals surface area (Å²) in [6.07, 6.45) is 0. The molecule has 6 nitrogen and oxygen atoms in total. The number of ether oxygens (including phenoxy) is 1. The van der Waals surface area contributed by atoms with Gasteiger partial charge in [-0.15, -0.1) is 0 Å². The molecule has 0 atom stereocenters. The third-order valence-electron chi connectivity index (χ3n) is 3.69. The SMILES string of the molecule is O=C(CNC(=O)c1ccc(COc2ccc(Cl)cc2)o1)Nc1cc(Cl)ccc1Cl. The molecule has 0 radical (unpaired) electrons. The van der Waals surface area contributed by atoms with Crippen LogP contribution in [-0.2, 0) is 11.4 Å². The van der Waals surface area contributed by atoms with Crippen molar-refractivity contribution in [1.82, 2.24) is 5.32 Å². The molecule has 2 amide bonds. The summed E-state index contributed by atoms with van der Waals surface area (Å²) < 4.78 is 11.0. The highest BCUT2D eigenvalue weighted by molar-refractivity contribution is 6.35. The Morgan fingerprint density at radius 1 is 0.931 bits per heavy atom. The molecule has 3 aromatic rings. The minimum atomic E-state index is -0.532. The van der Waals surface area contributed by atoms with Gasteiger partial charge in [0.1, 0.15) is 18.1 Å². The van der Waals surface area contributed by atoms with E-state index in [1.165, 1.54) is 12.1 Å². The largest absolute Gasteiger partial charge is 0.486 e. The van der Waals surface area contributed by atoms with E-state index in [-0.39, 0.29) is 18.9 Å². The van der Waals surface area contributed by atoms with Gasteiger partial charge in [-0.05, 0) is 54.6 Å². The van der Waals surface area contributed by atoms with Gasteiger partial charge < -0.3 is 19.8 Å². The molecule has 29 heavy (non-hydrogen) atoms. The van der Waals surface area contributed by atoms with Gasteiger partial charge in [0.25, 0.3) is 5.91 Å². The summed E-state index contributed by atoms with van der Waals surface area (Å²) in [6.45, 7) is -0.123. The number of halogens is 3. The van der Waals surface area contributed by atoms with E-state index >= 15 is 0 Å². The lowest BCUT2D eigenvalue weighted by Gasteiger charge is -2.08. The second-order valence-corrected chi connectivity index (χ2v) is 7.14. The van der Waals surface area contributed by atoms with Gasteiger partial charge in [0.15, 0.2) is 5.76 Å². The summed E-state index contributed by atoms with van der Waals surface area (Å²) in [7, 11) is 0. The molecule has 1 heterocycles. The Kier molecular flexibility index (Phi) is 7.04. The van der Waals surface area contributed by atoms with Crippen LogP contribution in [0.2, 0.25) is 15.1 Å². The van der Waals surface area contributed by atoms with E-state index in [1.54, 1.807) is 42.5 Å². The number of amides is 2. The topological polar surface area (TPSA) is 80.6 Å². The van der Waals surface area contributed by atoms with Crippen LogP contribution in [0.15, 0.2) is 59.0 Å². The van der Waals surface area contributed by atoms with Crippen molar-refractivity contribution in [2.45, 2.75) is 6.61 Å². The van der Waals surface area contributed by atoms with Crippen LogP contribution in [0, 0.1) is 0 Å². The van der Waals surface area contributed by atoms with Gasteiger partial charge in [-0.25, -0.2) is 0 Å². The fraction of sp³-hybridized carbons (Fsp3) is 0.100. The lowest BCUT2D eigenvalue weighted by atomic mass is 10.3. The van der Waals surface area contributed by atoms with Crippen LogP contribution >= 0.6 is 34.8 Å².